The number of hydrogen-bond acceptors (Lipinski definition) is 8. The summed E-state index contributed by atoms with van der Waals surface area (Å²) in [4.78, 5) is 10.4. The summed E-state index contributed by atoms with van der Waals surface area (Å²) in [5.74, 6) is 0.258. The second-order valence-corrected chi connectivity index (χ2v) is 10.4. The normalized spacial score (nSPS) is 25.6. The van der Waals surface area contributed by atoms with E-state index >= 15 is 4.39 Å². The van der Waals surface area contributed by atoms with Crippen LogP contribution in [0.3, 0.4) is 0 Å². The number of thioether (sulfide) groups is 1. The molecule has 4 heterocycles. The summed E-state index contributed by atoms with van der Waals surface area (Å²) in [5, 5.41) is 23.3. The molecule has 10 heteroatoms. The van der Waals surface area contributed by atoms with Crippen LogP contribution in [0, 0.1) is 5.95 Å². The molecule has 3 aliphatic rings. The number of hydrogen-bond donors (Lipinski definition) is 2. The molecule has 4 atom stereocenters. The van der Waals surface area contributed by atoms with Crippen molar-refractivity contribution in [2.45, 2.75) is 67.5 Å². The summed E-state index contributed by atoms with van der Waals surface area (Å²) >= 11 is 1.35. The van der Waals surface area contributed by atoms with Gasteiger partial charge in [-0.1, -0.05) is 6.07 Å². The van der Waals surface area contributed by atoms with Gasteiger partial charge in [-0.15, -0.1) is 22.0 Å². The van der Waals surface area contributed by atoms with Gasteiger partial charge in [-0.25, -0.2) is 14.4 Å². The first-order chi connectivity index (χ1) is 17.0. The minimum Gasteiger partial charge on any atom is -0.507 e. The predicted octanol–water partition coefficient (Wildman–Crippen LogP) is 4.37. The van der Waals surface area contributed by atoms with Crippen LogP contribution in [-0.4, -0.2) is 61.9 Å². The van der Waals surface area contributed by atoms with Crippen molar-refractivity contribution in [1.82, 2.24) is 25.5 Å². The molecule has 2 N–H and O–H groups in total. The number of rotatable bonds is 6. The number of aromatic nitrogens is 4. The Bertz CT molecular complexity index is 1240. The number of nitrogens with zero attached hydrogens (tertiary/aromatic N) is 5. The quantitative estimate of drug-likeness (QED) is 0.384. The lowest BCUT2D eigenvalue weighted by Crippen LogP contribution is -2.57. The zero-order valence-corrected chi connectivity index (χ0v) is 20.1. The van der Waals surface area contributed by atoms with Crippen molar-refractivity contribution in [3.05, 3.63) is 42.5 Å². The summed E-state index contributed by atoms with van der Waals surface area (Å²) < 4.78 is 29.1. The number of halogens is 2. The van der Waals surface area contributed by atoms with E-state index < -0.39 is 12.1 Å². The summed E-state index contributed by atoms with van der Waals surface area (Å²) in [7, 11) is 0. The van der Waals surface area contributed by atoms with E-state index in [1.807, 2.05) is 6.26 Å². The van der Waals surface area contributed by atoms with Crippen LogP contribution in [0.1, 0.15) is 32.1 Å². The Morgan fingerprint density at radius 3 is 2.66 bits per heavy atom. The zero-order chi connectivity index (χ0) is 24.1. The highest BCUT2D eigenvalue weighted by Gasteiger charge is 2.48. The highest BCUT2D eigenvalue weighted by molar-refractivity contribution is 7.98. The largest absolute Gasteiger partial charge is 0.507 e. The third-order valence-corrected chi connectivity index (χ3v) is 7.84. The van der Waals surface area contributed by atoms with Crippen LogP contribution in [0.2, 0.25) is 0 Å². The maximum absolute atomic E-state index is 15.3. The van der Waals surface area contributed by atoms with Gasteiger partial charge in [0.2, 0.25) is 5.95 Å². The molecule has 2 bridgehead atoms. The second kappa shape index (κ2) is 8.98. The molecular formula is C25H26F2N6OS. The van der Waals surface area contributed by atoms with E-state index in [1.54, 1.807) is 30.5 Å². The maximum atomic E-state index is 15.3. The maximum Gasteiger partial charge on any atom is 0.214 e. The standard InChI is InChI=1S/C25H26F2N6OS/c1-35-23-10-14(9-21(26)30-23)13-2-6-17(20(34)8-13)25-28-12-22(31-32-25)33(16-4-5-16)19-11-15-3-7-18(29-15)24(19)27/h2,6,8-10,12,15-16,18-19,24,29,34H,3-5,7,11H2,1H3/t15-,18+,19+,24-/m0/s1. The summed E-state index contributed by atoms with van der Waals surface area (Å²) in [6, 6.07) is 8.46. The summed E-state index contributed by atoms with van der Waals surface area (Å²) in [6.07, 6.45) is 7.20. The highest BCUT2D eigenvalue weighted by atomic mass is 32.2. The van der Waals surface area contributed by atoms with Crippen LogP contribution >= 0.6 is 11.8 Å². The number of phenolic OH excluding ortho intramolecular Hbond substituents is 1. The van der Waals surface area contributed by atoms with Crippen molar-refractivity contribution >= 4 is 17.6 Å². The average Bonchev–Trinajstić information content (AvgIpc) is 3.62. The van der Waals surface area contributed by atoms with Gasteiger partial charge in [-0.05, 0) is 67.7 Å². The first-order valence-corrected chi connectivity index (χ1v) is 13.2. The number of nitrogens with one attached hydrogen (secondary N) is 1. The Hall–Kier alpha value is -2.85. The molecule has 7 nitrogen and oxygen atoms in total. The minimum atomic E-state index is -0.947. The Labute approximate surface area is 206 Å². The van der Waals surface area contributed by atoms with Crippen LogP contribution < -0.4 is 10.2 Å². The first kappa shape index (κ1) is 22.6. The lowest BCUT2D eigenvalue weighted by Gasteiger charge is -2.40. The molecule has 6 rings (SSSR count). The lowest BCUT2D eigenvalue weighted by atomic mass is 9.96. The summed E-state index contributed by atoms with van der Waals surface area (Å²) in [5.41, 5.74) is 1.70. The molecule has 2 aliphatic heterocycles. The van der Waals surface area contributed by atoms with E-state index in [9.17, 15) is 9.50 Å². The molecule has 3 fully saturated rings. The number of anilines is 1. The van der Waals surface area contributed by atoms with Gasteiger partial charge in [0.25, 0.3) is 0 Å². The molecule has 0 unspecified atom stereocenters. The third-order valence-electron chi connectivity index (χ3n) is 7.22. The van der Waals surface area contributed by atoms with Crippen LogP contribution in [0.4, 0.5) is 14.6 Å². The monoisotopic (exact) mass is 496 g/mol. The molecule has 182 valence electrons. The predicted molar refractivity (Wildman–Crippen MR) is 131 cm³/mol. The molecular weight excluding hydrogens is 470 g/mol. The van der Waals surface area contributed by atoms with Gasteiger partial charge in [0, 0.05) is 24.2 Å². The van der Waals surface area contributed by atoms with Gasteiger partial charge in [-0.3, -0.25) is 0 Å². The molecule has 1 aliphatic carbocycles. The molecule has 0 amide bonds. The minimum absolute atomic E-state index is 0.0298. The fraction of sp³-hybridized carbons (Fsp3) is 0.440. The van der Waals surface area contributed by atoms with Crippen molar-refractivity contribution < 1.29 is 13.9 Å². The van der Waals surface area contributed by atoms with Crippen molar-refractivity contribution in [2.24, 2.45) is 0 Å². The second-order valence-electron chi connectivity index (χ2n) is 9.53. The molecule has 2 saturated heterocycles. The zero-order valence-electron chi connectivity index (χ0n) is 19.2. The molecule has 1 saturated carbocycles. The lowest BCUT2D eigenvalue weighted by molar-refractivity contribution is 0.171. The third kappa shape index (κ3) is 4.33. The van der Waals surface area contributed by atoms with Crippen molar-refractivity contribution in [1.29, 1.82) is 0 Å². The summed E-state index contributed by atoms with van der Waals surface area (Å²) in [6.45, 7) is 0. The van der Waals surface area contributed by atoms with Gasteiger partial charge < -0.3 is 15.3 Å². The van der Waals surface area contributed by atoms with E-state index in [-0.39, 0.29) is 29.7 Å². The van der Waals surface area contributed by atoms with E-state index in [1.165, 1.54) is 17.8 Å². The molecule has 2 aromatic heterocycles. The van der Waals surface area contributed by atoms with E-state index in [0.717, 1.165) is 32.1 Å². The Morgan fingerprint density at radius 2 is 1.94 bits per heavy atom. The van der Waals surface area contributed by atoms with E-state index in [4.69, 9.17) is 0 Å². The SMILES string of the molecule is CSc1cc(-c2ccc(-c3ncc(N(C4CC4)[C@@H]4C[C@@H]5CC[C@@H](N5)[C@@H]4F)nn3)c(O)c2)cc(F)n1. The van der Waals surface area contributed by atoms with Crippen LogP contribution in [0.15, 0.2) is 41.6 Å². The molecule has 0 spiro atoms. The van der Waals surface area contributed by atoms with E-state index in [2.05, 4.69) is 30.4 Å². The Balaban J connectivity index is 1.26. The topological polar surface area (TPSA) is 87.1 Å². The smallest absolute Gasteiger partial charge is 0.214 e. The Kier molecular flexibility index (Phi) is 5.80. The van der Waals surface area contributed by atoms with Gasteiger partial charge in [0.15, 0.2) is 11.6 Å². The molecule has 3 aromatic rings. The number of pyridine rings is 1. The van der Waals surface area contributed by atoms with Crippen LogP contribution in [0.25, 0.3) is 22.5 Å². The first-order valence-electron chi connectivity index (χ1n) is 11.9. The molecule has 0 radical (unpaired) electrons. The fourth-order valence-electron chi connectivity index (χ4n) is 5.38. The number of piperidine rings is 1. The molecule has 1 aromatic carbocycles. The van der Waals surface area contributed by atoms with Crippen LogP contribution in [0.5, 0.6) is 5.75 Å². The van der Waals surface area contributed by atoms with Crippen molar-refractivity contribution in [3.63, 3.8) is 0 Å². The van der Waals surface area contributed by atoms with Gasteiger partial charge in [0.1, 0.15) is 11.9 Å². The number of benzene rings is 1. The van der Waals surface area contributed by atoms with Gasteiger partial charge in [-0.2, -0.15) is 4.39 Å². The van der Waals surface area contributed by atoms with Crippen molar-refractivity contribution in [2.75, 3.05) is 11.2 Å². The van der Waals surface area contributed by atoms with Crippen LogP contribution in [-0.2, 0) is 0 Å². The van der Waals surface area contributed by atoms with Crippen molar-refractivity contribution in [3.8, 4) is 28.3 Å². The fourth-order valence-corrected chi connectivity index (χ4v) is 5.80. The van der Waals surface area contributed by atoms with E-state index in [0.29, 0.717) is 33.6 Å². The number of fused-ring (bicyclic) bond motifs is 2. The number of phenols is 1. The molecule has 35 heavy (non-hydrogen) atoms. The average molecular weight is 497 g/mol. The number of aromatic hydroxyl groups is 1. The number of alkyl halides is 1. The van der Waals surface area contributed by atoms with Gasteiger partial charge >= 0.3 is 0 Å². The highest BCUT2D eigenvalue weighted by Crippen LogP contribution is 2.40. The Morgan fingerprint density at radius 1 is 1.09 bits per heavy atom. The van der Waals surface area contributed by atoms with Gasteiger partial charge in [0.05, 0.1) is 22.8 Å².